The molecule has 3 heterocycles. The standard InChI is InChI=1S/C14H16N2O4S.C7H6Cl2S/c1-21(19,20)12-4-5-15-14-10(12)8-11-9(7-13(17)18)3-2-6-16(11)14;1-10-7-3-2-5(8)4-6(7)9/h4-5,8-9H,2-3,6-7H2,1H3,(H,17,18);2-4H,1H3. The van der Waals surface area contributed by atoms with E-state index in [1.54, 1.807) is 23.9 Å². The molecule has 166 valence electrons. The number of carbonyl (C=O) groups is 1. The summed E-state index contributed by atoms with van der Waals surface area (Å²) in [5.41, 5.74) is 1.50. The quantitative estimate of drug-likeness (QED) is 0.475. The summed E-state index contributed by atoms with van der Waals surface area (Å²) in [7, 11) is -3.34. The topological polar surface area (TPSA) is 89.3 Å². The number of rotatable bonds is 4. The zero-order valence-corrected chi connectivity index (χ0v) is 20.2. The Morgan fingerprint density at radius 3 is 2.65 bits per heavy atom. The first-order chi connectivity index (χ1) is 14.6. The number of pyridine rings is 1. The fourth-order valence-corrected chi connectivity index (χ4v) is 5.70. The van der Waals surface area contributed by atoms with E-state index in [0.717, 1.165) is 35.0 Å². The van der Waals surface area contributed by atoms with Gasteiger partial charge in [-0.2, -0.15) is 0 Å². The summed E-state index contributed by atoms with van der Waals surface area (Å²) in [5.74, 6) is -0.923. The van der Waals surface area contributed by atoms with E-state index in [-0.39, 0.29) is 17.2 Å². The van der Waals surface area contributed by atoms with Gasteiger partial charge in [-0.3, -0.25) is 4.79 Å². The van der Waals surface area contributed by atoms with Crippen LogP contribution in [0.25, 0.3) is 11.0 Å². The van der Waals surface area contributed by atoms with Gasteiger partial charge in [0.05, 0.1) is 16.3 Å². The zero-order valence-electron chi connectivity index (χ0n) is 17.0. The second-order valence-electron chi connectivity index (χ2n) is 7.26. The van der Waals surface area contributed by atoms with Crippen LogP contribution in [-0.2, 0) is 21.2 Å². The molecule has 1 atom stereocenters. The van der Waals surface area contributed by atoms with Crippen molar-refractivity contribution in [1.82, 2.24) is 9.55 Å². The number of hydrogen-bond acceptors (Lipinski definition) is 5. The Morgan fingerprint density at radius 2 is 2.03 bits per heavy atom. The van der Waals surface area contributed by atoms with Gasteiger partial charge in [-0.1, -0.05) is 23.2 Å². The maximum atomic E-state index is 11.9. The molecule has 1 aliphatic heterocycles. The first-order valence-corrected chi connectivity index (χ1v) is 13.4. The Labute approximate surface area is 195 Å². The fourth-order valence-electron chi connectivity index (χ4n) is 3.74. The monoisotopic (exact) mass is 500 g/mol. The number of halogens is 2. The highest BCUT2D eigenvalue weighted by Crippen LogP contribution is 2.36. The van der Waals surface area contributed by atoms with E-state index >= 15 is 0 Å². The molecular formula is C21H22Cl2N2O4S2. The number of sulfone groups is 1. The van der Waals surface area contributed by atoms with Crippen LogP contribution in [0.5, 0.6) is 0 Å². The number of fused-ring (bicyclic) bond motifs is 3. The van der Waals surface area contributed by atoms with Gasteiger partial charge in [-0.15, -0.1) is 11.8 Å². The third-order valence-corrected chi connectivity index (χ3v) is 7.69. The van der Waals surface area contributed by atoms with Crippen molar-refractivity contribution >= 4 is 61.8 Å². The number of benzene rings is 1. The summed E-state index contributed by atoms with van der Waals surface area (Å²) in [4.78, 5) is 16.6. The SMILES string of the molecule is CS(=O)(=O)c1ccnc2c1cc1n2CCCC1CC(=O)O.CSc1ccc(Cl)cc1Cl. The van der Waals surface area contributed by atoms with Gasteiger partial charge in [-0.25, -0.2) is 13.4 Å². The maximum absolute atomic E-state index is 11.9. The third-order valence-electron chi connectivity index (χ3n) is 5.08. The van der Waals surface area contributed by atoms with Crippen molar-refractivity contribution in [3.05, 3.63) is 52.3 Å². The number of carboxylic acids is 1. The third kappa shape index (κ3) is 5.55. The lowest BCUT2D eigenvalue weighted by Gasteiger charge is -2.23. The van der Waals surface area contributed by atoms with Gasteiger partial charge in [0.1, 0.15) is 5.65 Å². The largest absolute Gasteiger partial charge is 0.481 e. The first-order valence-electron chi connectivity index (χ1n) is 9.51. The number of thioether (sulfide) groups is 1. The highest BCUT2D eigenvalue weighted by molar-refractivity contribution is 7.98. The number of nitrogens with zero attached hydrogens (tertiary/aromatic N) is 2. The molecular weight excluding hydrogens is 479 g/mol. The van der Waals surface area contributed by atoms with Crippen LogP contribution in [0.2, 0.25) is 10.0 Å². The Kier molecular flexibility index (Phi) is 7.57. The van der Waals surface area contributed by atoms with Gasteiger partial charge in [0.15, 0.2) is 9.84 Å². The van der Waals surface area contributed by atoms with Crippen molar-refractivity contribution in [2.45, 2.75) is 41.5 Å². The number of aryl methyl sites for hydroxylation is 1. The van der Waals surface area contributed by atoms with E-state index < -0.39 is 15.8 Å². The molecule has 3 aromatic rings. The van der Waals surface area contributed by atoms with Crippen molar-refractivity contribution in [1.29, 1.82) is 0 Å². The molecule has 31 heavy (non-hydrogen) atoms. The summed E-state index contributed by atoms with van der Waals surface area (Å²) in [5, 5.41) is 11.0. The van der Waals surface area contributed by atoms with Crippen LogP contribution in [0.3, 0.4) is 0 Å². The van der Waals surface area contributed by atoms with Crippen molar-refractivity contribution in [3.8, 4) is 0 Å². The van der Waals surface area contributed by atoms with Crippen LogP contribution < -0.4 is 0 Å². The lowest BCUT2D eigenvalue weighted by Crippen LogP contribution is -2.17. The van der Waals surface area contributed by atoms with Gasteiger partial charge in [0.25, 0.3) is 0 Å². The van der Waals surface area contributed by atoms with Crippen LogP contribution in [0, 0.1) is 0 Å². The summed E-state index contributed by atoms with van der Waals surface area (Å²) < 4.78 is 25.7. The molecule has 1 aliphatic rings. The molecule has 0 bridgehead atoms. The lowest BCUT2D eigenvalue weighted by molar-refractivity contribution is -0.137. The maximum Gasteiger partial charge on any atom is 0.304 e. The van der Waals surface area contributed by atoms with Crippen LogP contribution in [0.1, 0.15) is 30.9 Å². The molecule has 1 aromatic carbocycles. The van der Waals surface area contributed by atoms with E-state index in [2.05, 4.69) is 4.98 Å². The van der Waals surface area contributed by atoms with Crippen LogP contribution in [0.15, 0.2) is 46.3 Å². The normalized spacial score (nSPS) is 15.8. The second-order valence-corrected chi connectivity index (χ2v) is 10.9. The molecule has 1 unspecified atom stereocenters. The zero-order chi connectivity index (χ0) is 22.8. The number of carboxylic acid groups (broad SMARTS) is 1. The Hall–Kier alpha value is -1.74. The van der Waals surface area contributed by atoms with Gasteiger partial charge < -0.3 is 9.67 Å². The number of aliphatic carboxylic acids is 1. The van der Waals surface area contributed by atoms with Gasteiger partial charge in [0, 0.05) is 45.9 Å². The minimum Gasteiger partial charge on any atom is -0.481 e. The molecule has 0 spiro atoms. The molecule has 2 aromatic heterocycles. The van der Waals surface area contributed by atoms with Crippen molar-refractivity contribution in [3.63, 3.8) is 0 Å². The molecule has 4 rings (SSSR count). The minimum atomic E-state index is -3.34. The Bertz CT molecular complexity index is 1230. The smallest absolute Gasteiger partial charge is 0.304 e. The highest BCUT2D eigenvalue weighted by Gasteiger charge is 2.27. The van der Waals surface area contributed by atoms with E-state index in [1.807, 2.05) is 23.0 Å². The van der Waals surface area contributed by atoms with Gasteiger partial charge in [-0.05, 0) is 49.4 Å². The van der Waals surface area contributed by atoms with Crippen molar-refractivity contribution < 1.29 is 18.3 Å². The van der Waals surface area contributed by atoms with E-state index in [4.69, 9.17) is 28.3 Å². The predicted molar refractivity (Wildman–Crippen MR) is 125 cm³/mol. The average molecular weight is 501 g/mol. The Balaban J connectivity index is 0.000000229. The predicted octanol–water partition coefficient (Wildman–Crippen LogP) is 5.51. The molecule has 0 fully saturated rings. The number of hydrogen-bond donors (Lipinski definition) is 1. The molecule has 10 heteroatoms. The summed E-state index contributed by atoms with van der Waals surface area (Å²) >= 11 is 13.1. The van der Waals surface area contributed by atoms with Gasteiger partial charge in [0.2, 0.25) is 0 Å². The van der Waals surface area contributed by atoms with Crippen LogP contribution in [-0.4, -0.2) is 41.6 Å². The van der Waals surface area contributed by atoms with Gasteiger partial charge >= 0.3 is 5.97 Å². The fraction of sp³-hybridized carbons (Fsp3) is 0.333. The Morgan fingerprint density at radius 1 is 1.29 bits per heavy atom. The number of aromatic nitrogens is 2. The molecule has 0 saturated carbocycles. The average Bonchev–Trinajstić information content (AvgIpc) is 3.07. The molecule has 0 amide bonds. The van der Waals surface area contributed by atoms with E-state index in [9.17, 15) is 13.2 Å². The van der Waals surface area contributed by atoms with Crippen molar-refractivity contribution in [2.75, 3.05) is 12.5 Å². The highest BCUT2D eigenvalue weighted by atomic mass is 35.5. The molecule has 0 aliphatic carbocycles. The molecule has 0 radical (unpaired) electrons. The first kappa shape index (κ1) is 23.9. The van der Waals surface area contributed by atoms with Crippen LogP contribution >= 0.6 is 35.0 Å². The second kappa shape index (κ2) is 9.81. The van der Waals surface area contributed by atoms with Crippen LogP contribution in [0.4, 0.5) is 0 Å². The summed E-state index contributed by atoms with van der Waals surface area (Å²) in [6.07, 6.45) is 6.38. The van der Waals surface area contributed by atoms with Crippen molar-refractivity contribution in [2.24, 2.45) is 0 Å². The van der Waals surface area contributed by atoms with E-state index in [0.29, 0.717) is 16.1 Å². The summed E-state index contributed by atoms with van der Waals surface area (Å²) in [6, 6.07) is 8.78. The lowest BCUT2D eigenvalue weighted by atomic mass is 9.93. The van der Waals surface area contributed by atoms with E-state index in [1.165, 1.54) is 18.5 Å². The molecule has 6 nitrogen and oxygen atoms in total. The summed E-state index contributed by atoms with van der Waals surface area (Å²) in [6.45, 7) is 0.745. The minimum absolute atomic E-state index is 0.0600. The molecule has 0 saturated heterocycles. The molecule has 1 N–H and O–H groups in total.